The summed E-state index contributed by atoms with van der Waals surface area (Å²) < 4.78 is 7.34. The highest BCUT2D eigenvalue weighted by Crippen LogP contribution is 2.29. The minimum absolute atomic E-state index is 0.315. The second-order valence-corrected chi connectivity index (χ2v) is 8.83. The van der Waals surface area contributed by atoms with Gasteiger partial charge in [-0.05, 0) is 72.0 Å². The Morgan fingerprint density at radius 3 is 2.34 bits per heavy atom. The zero-order valence-corrected chi connectivity index (χ0v) is 20.4. The summed E-state index contributed by atoms with van der Waals surface area (Å²) in [5.41, 5.74) is 7.70. The van der Waals surface area contributed by atoms with E-state index in [4.69, 9.17) is 21.3 Å². The molecule has 1 aromatic heterocycles. The highest BCUT2D eigenvalue weighted by atomic mass is 35.5. The fourth-order valence-electron chi connectivity index (χ4n) is 4.32. The van der Waals surface area contributed by atoms with Crippen LogP contribution in [0, 0.1) is 6.92 Å². The van der Waals surface area contributed by atoms with Crippen molar-refractivity contribution in [3.63, 3.8) is 0 Å². The number of benzene rings is 4. The number of aryl methyl sites for hydroxylation is 1. The number of carbonyl (C=O) groups is 1. The lowest BCUT2D eigenvalue weighted by molar-refractivity contribution is 0.0526. The second kappa shape index (κ2) is 9.77. The quantitative estimate of drug-likeness (QED) is 0.235. The van der Waals surface area contributed by atoms with Gasteiger partial charge in [-0.2, -0.15) is 0 Å². The van der Waals surface area contributed by atoms with Gasteiger partial charge in [0.15, 0.2) is 0 Å². The SMILES string of the molecule is CCOC(=O)c1cccc(-c2ccc3nc(C)n(Cc4ccc(-c5ccccc5)cc4Cl)c3c2)c1. The fraction of sp³-hybridized carbons (Fsp3) is 0.133. The van der Waals surface area contributed by atoms with E-state index >= 15 is 0 Å². The molecular formula is C30H25ClN2O2. The largest absolute Gasteiger partial charge is 0.462 e. The van der Waals surface area contributed by atoms with E-state index in [1.165, 1.54) is 0 Å². The minimum Gasteiger partial charge on any atom is -0.462 e. The van der Waals surface area contributed by atoms with E-state index in [0.717, 1.165) is 49.7 Å². The van der Waals surface area contributed by atoms with Crippen molar-refractivity contribution in [3.8, 4) is 22.3 Å². The van der Waals surface area contributed by atoms with Crippen molar-refractivity contribution in [2.24, 2.45) is 0 Å². The number of nitrogens with zero attached hydrogens (tertiary/aromatic N) is 2. The molecule has 35 heavy (non-hydrogen) atoms. The van der Waals surface area contributed by atoms with Crippen molar-refractivity contribution >= 4 is 28.6 Å². The van der Waals surface area contributed by atoms with Gasteiger partial charge in [-0.3, -0.25) is 0 Å². The molecular weight excluding hydrogens is 456 g/mol. The van der Waals surface area contributed by atoms with Gasteiger partial charge < -0.3 is 9.30 Å². The first-order valence-electron chi connectivity index (χ1n) is 11.6. The van der Waals surface area contributed by atoms with E-state index in [0.29, 0.717) is 18.7 Å². The van der Waals surface area contributed by atoms with Gasteiger partial charge in [0.2, 0.25) is 0 Å². The molecule has 1 heterocycles. The molecule has 0 spiro atoms. The summed E-state index contributed by atoms with van der Waals surface area (Å²) in [6, 6.07) is 30.1. The van der Waals surface area contributed by atoms with Crippen LogP contribution in [0.3, 0.4) is 0 Å². The Hall–Kier alpha value is -3.89. The zero-order chi connectivity index (χ0) is 24.4. The predicted molar refractivity (Wildman–Crippen MR) is 142 cm³/mol. The number of aromatic nitrogens is 2. The molecule has 0 aliphatic rings. The maximum absolute atomic E-state index is 12.2. The molecule has 0 atom stereocenters. The molecule has 174 valence electrons. The maximum atomic E-state index is 12.2. The Labute approximate surface area is 209 Å². The molecule has 0 saturated heterocycles. The van der Waals surface area contributed by atoms with Crippen molar-refractivity contribution in [1.29, 1.82) is 0 Å². The van der Waals surface area contributed by atoms with Crippen LogP contribution >= 0.6 is 11.6 Å². The summed E-state index contributed by atoms with van der Waals surface area (Å²) in [5.74, 6) is 0.602. The number of hydrogen-bond acceptors (Lipinski definition) is 3. The Morgan fingerprint density at radius 2 is 1.57 bits per heavy atom. The normalized spacial score (nSPS) is 11.1. The van der Waals surface area contributed by atoms with Crippen LogP contribution in [0.15, 0.2) is 91.0 Å². The average Bonchev–Trinajstić information content (AvgIpc) is 3.20. The number of ether oxygens (including phenoxy) is 1. The lowest BCUT2D eigenvalue weighted by Crippen LogP contribution is -2.04. The molecule has 0 saturated carbocycles. The van der Waals surface area contributed by atoms with Crippen LogP contribution in [0.25, 0.3) is 33.3 Å². The van der Waals surface area contributed by atoms with Crippen LogP contribution in [0.2, 0.25) is 5.02 Å². The number of fused-ring (bicyclic) bond motifs is 1. The van der Waals surface area contributed by atoms with Gasteiger partial charge in [0, 0.05) is 5.02 Å². The molecule has 4 nitrogen and oxygen atoms in total. The molecule has 0 aliphatic carbocycles. The number of esters is 1. The third kappa shape index (κ3) is 4.71. The van der Waals surface area contributed by atoms with Crippen LogP contribution in [0.5, 0.6) is 0 Å². The molecule has 0 fully saturated rings. The molecule has 0 N–H and O–H groups in total. The molecule has 4 aromatic carbocycles. The predicted octanol–water partition coefficient (Wildman–Crippen LogP) is 7.56. The van der Waals surface area contributed by atoms with Crippen LogP contribution in [-0.2, 0) is 11.3 Å². The average molecular weight is 481 g/mol. The second-order valence-electron chi connectivity index (χ2n) is 8.42. The summed E-state index contributed by atoms with van der Waals surface area (Å²) in [6.07, 6.45) is 0. The van der Waals surface area contributed by atoms with Gasteiger partial charge in [-0.15, -0.1) is 0 Å². The van der Waals surface area contributed by atoms with Gasteiger partial charge in [0.1, 0.15) is 5.82 Å². The lowest BCUT2D eigenvalue weighted by Gasteiger charge is -2.12. The van der Waals surface area contributed by atoms with Crippen molar-refractivity contribution in [2.45, 2.75) is 20.4 Å². The summed E-state index contributed by atoms with van der Waals surface area (Å²) in [4.78, 5) is 17.0. The van der Waals surface area contributed by atoms with Crippen LogP contribution in [0.1, 0.15) is 28.7 Å². The molecule has 5 rings (SSSR count). The third-order valence-electron chi connectivity index (χ3n) is 6.13. The number of rotatable bonds is 6. The van der Waals surface area contributed by atoms with E-state index in [2.05, 4.69) is 34.9 Å². The van der Waals surface area contributed by atoms with Crippen molar-refractivity contribution in [3.05, 3.63) is 113 Å². The number of imidazole rings is 1. The molecule has 0 bridgehead atoms. The molecule has 5 heteroatoms. The number of carbonyl (C=O) groups excluding carboxylic acids is 1. The minimum atomic E-state index is -0.315. The highest BCUT2D eigenvalue weighted by molar-refractivity contribution is 6.31. The van der Waals surface area contributed by atoms with E-state index < -0.39 is 0 Å². The molecule has 5 aromatic rings. The Balaban J connectivity index is 1.49. The smallest absolute Gasteiger partial charge is 0.338 e. The molecule has 0 unspecified atom stereocenters. The number of hydrogen-bond donors (Lipinski definition) is 0. The van der Waals surface area contributed by atoms with Crippen LogP contribution in [-0.4, -0.2) is 22.1 Å². The first-order chi connectivity index (χ1) is 17.0. The zero-order valence-electron chi connectivity index (χ0n) is 19.7. The topological polar surface area (TPSA) is 44.1 Å². The molecule has 0 aliphatic heterocycles. The summed E-state index contributed by atoms with van der Waals surface area (Å²) in [7, 11) is 0. The Kier molecular flexibility index (Phi) is 6.39. The van der Waals surface area contributed by atoms with Crippen molar-refractivity contribution < 1.29 is 9.53 Å². The summed E-state index contributed by atoms with van der Waals surface area (Å²) in [6.45, 7) is 4.78. The Bertz CT molecular complexity index is 1520. The van der Waals surface area contributed by atoms with E-state index in [-0.39, 0.29) is 5.97 Å². The monoisotopic (exact) mass is 480 g/mol. The Morgan fingerprint density at radius 1 is 0.857 bits per heavy atom. The first kappa shape index (κ1) is 22.9. The first-order valence-corrected chi connectivity index (χ1v) is 12.0. The summed E-state index contributed by atoms with van der Waals surface area (Å²) >= 11 is 6.72. The molecule has 0 radical (unpaired) electrons. The van der Waals surface area contributed by atoms with Gasteiger partial charge in [0.25, 0.3) is 0 Å². The van der Waals surface area contributed by atoms with E-state index in [9.17, 15) is 4.79 Å². The van der Waals surface area contributed by atoms with E-state index in [1.807, 2.05) is 61.5 Å². The lowest BCUT2D eigenvalue weighted by atomic mass is 10.0. The van der Waals surface area contributed by atoms with Crippen LogP contribution < -0.4 is 0 Å². The van der Waals surface area contributed by atoms with Gasteiger partial charge in [-0.1, -0.05) is 72.3 Å². The molecule has 0 amide bonds. The number of halogens is 1. The summed E-state index contributed by atoms with van der Waals surface area (Å²) in [5, 5.41) is 0.728. The van der Waals surface area contributed by atoms with Crippen molar-refractivity contribution in [2.75, 3.05) is 6.61 Å². The van der Waals surface area contributed by atoms with Gasteiger partial charge in [0.05, 0.1) is 29.7 Å². The van der Waals surface area contributed by atoms with Gasteiger partial charge in [-0.25, -0.2) is 9.78 Å². The van der Waals surface area contributed by atoms with E-state index in [1.54, 1.807) is 13.0 Å². The highest BCUT2D eigenvalue weighted by Gasteiger charge is 2.13. The van der Waals surface area contributed by atoms with Crippen molar-refractivity contribution in [1.82, 2.24) is 9.55 Å². The van der Waals surface area contributed by atoms with Gasteiger partial charge >= 0.3 is 5.97 Å². The fourth-order valence-corrected chi connectivity index (χ4v) is 4.56. The maximum Gasteiger partial charge on any atom is 0.338 e. The standard InChI is InChI=1S/C30H25ClN2O2/c1-3-35-30(34)25-11-7-10-22(16-25)24-14-15-28-29(18-24)33(20(2)32-28)19-26-13-12-23(17-27(26)31)21-8-5-4-6-9-21/h4-18H,3,19H2,1-2H3. The van der Waals surface area contributed by atoms with Crippen LogP contribution in [0.4, 0.5) is 0 Å². The third-order valence-corrected chi connectivity index (χ3v) is 6.49.